The number of hydrogen-bond acceptors (Lipinski definition) is 4. The lowest BCUT2D eigenvalue weighted by atomic mass is 9.99. The lowest BCUT2D eigenvalue weighted by Gasteiger charge is -2.22. The number of carbonyl (C=O) groups is 3. The summed E-state index contributed by atoms with van der Waals surface area (Å²) in [5, 5.41) is 5.36. The molecule has 0 saturated heterocycles. The van der Waals surface area contributed by atoms with Crippen LogP contribution in [0.2, 0.25) is 0 Å². The molecule has 0 aliphatic carbocycles. The lowest BCUT2D eigenvalue weighted by molar-refractivity contribution is -0.885. The summed E-state index contributed by atoms with van der Waals surface area (Å²) in [6.45, 7) is 4.74. The van der Waals surface area contributed by atoms with Gasteiger partial charge in [-0.3, -0.25) is 9.59 Å². The molecule has 0 aromatic heterocycles. The predicted molar refractivity (Wildman–Crippen MR) is 98.7 cm³/mol. The van der Waals surface area contributed by atoms with Crippen LogP contribution in [-0.2, 0) is 20.9 Å². The van der Waals surface area contributed by atoms with Gasteiger partial charge >= 0.3 is 5.97 Å². The molecule has 0 heterocycles. The Morgan fingerprint density at radius 1 is 1.19 bits per heavy atom. The standard InChI is InChI=1S/C19H29N3O4/c1-6-13(2)17(19(25)26-5)21-16(23)12-22(4)11-14-7-9-15(10-8-14)18(24)20-3/h7-10,13,17H,6,11-12H2,1-5H3,(H,20,24)(H,21,23)/p+1/t13-,17-/m0/s1. The topological polar surface area (TPSA) is 88.9 Å². The fourth-order valence-electron chi connectivity index (χ4n) is 2.62. The number of ether oxygens (including phenoxy) is 1. The van der Waals surface area contributed by atoms with E-state index in [0.717, 1.165) is 16.9 Å². The van der Waals surface area contributed by atoms with Crippen LogP contribution in [0, 0.1) is 5.92 Å². The summed E-state index contributed by atoms with van der Waals surface area (Å²) in [6.07, 6.45) is 0.764. The van der Waals surface area contributed by atoms with Crippen LogP contribution in [0.5, 0.6) is 0 Å². The summed E-state index contributed by atoms with van der Waals surface area (Å²) >= 11 is 0. The van der Waals surface area contributed by atoms with Crippen LogP contribution in [0.15, 0.2) is 24.3 Å². The molecule has 2 amide bonds. The minimum absolute atomic E-state index is 0.00367. The van der Waals surface area contributed by atoms with Gasteiger partial charge in [-0.05, 0) is 18.1 Å². The number of benzene rings is 1. The first-order valence-corrected chi connectivity index (χ1v) is 8.81. The Morgan fingerprint density at radius 2 is 1.81 bits per heavy atom. The molecule has 3 atom stereocenters. The summed E-state index contributed by atoms with van der Waals surface area (Å²) in [5.41, 5.74) is 1.62. The molecule has 0 aliphatic heterocycles. The van der Waals surface area contributed by atoms with E-state index in [1.807, 2.05) is 33.0 Å². The molecular weight excluding hydrogens is 334 g/mol. The average molecular weight is 364 g/mol. The summed E-state index contributed by atoms with van der Waals surface area (Å²) in [5.74, 6) is -0.741. The van der Waals surface area contributed by atoms with Crippen molar-refractivity contribution < 1.29 is 24.0 Å². The van der Waals surface area contributed by atoms with E-state index >= 15 is 0 Å². The van der Waals surface area contributed by atoms with Crippen molar-refractivity contribution in [3.05, 3.63) is 35.4 Å². The molecule has 26 heavy (non-hydrogen) atoms. The number of likely N-dealkylation sites (N-methyl/N-ethyl adjacent to an activating group) is 1. The van der Waals surface area contributed by atoms with Gasteiger partial charge in [-0.25, -0.2) is 4.79 Å². The Bertz CT molecular complexity index is 616. The van der Waals surface area contributed by atoms with E-state index in [9.17, 15) is 14.4 Å². The zero-order chi connectivity index (χ0) is 19.7. The molecule has 1 aromatic rings. The average Bonchev–Trinajstić information content (AvgIpc) is 2.64. The molecule has 1 unspecified atom stereocenters. The third kappa shape index (κ3) is 6.48. The molecule has 144 valence electrons. The van der Waals surface area contributed by atoms with Gasteiger partial charge in [-0.1, -0.05) is 32.4 Å². The molecular formula is C19H30N3O4+. The normalized spacial score (nSPS) is 14.0. The largest absolute Gasteiger partial charge is 0.467 e. The molecule has 1 rings (SSSR count). The number of methoxy groups -OCH3 is 1. The Morgan fingerprint density at radius 3 is 2.31 bits per heavy atom. The maximum atomic E-state index is 12.3. The van der Waals surface area contributed by atoms with E-state index in [-0.39, 0.29) is 24.3 Å². The Balaban J connectivity index is 2.60. The van der Waals surface area contributed by atoms with Crippen LogP contribution in [-0.4, -0.2) is 51.6 Å². The number of amides is 2. The van der Waals surface area contributed by atoms with E-state index < -0.39 is 12.0 Å². The van der Waals surface area contributed by atoms with Crippen LogP contribution in [0.3, 0.4) is 0 Å². The van der Waals surface area contributed by atoms with E-state index in [4.69, 9.17) is 4.74 Å². The first-order chi connectivity index (χ1) is 12.3. The predicted octanol–water partition coefficient (Wildman–Crippen LogP) is -0.235. The van der Waals surface area contributed by atoms with Gasteiger partial charge in [-0.2, -0.15) is 0 Å². The van der Waals surface area contributed by atoms with E-state index in [2.05, 4.69) is 10.6 Å². The summed E-state index contributed by atoms with van der Waals surface area (Å²) < 4.78 is 4.78. The maximum Gasteiger partial charge on any atom is 0.328 e. The zero-order valence-corrected chi connectivity index (χ0v) is 16.2. The number of esters is 1. The van der Waals surface area contributed by atoms with Crippen molar-refractivity contribution in [2.45, 2.75) is 32.9 Å². The molecule has 0 fully saturated rings. The quantitative estimate of drug-likeness (QED) is 0.528. The van der Waals surface area contributed by atoms with Gasteiger partial charge in [0.25, 0.3) is 11.8 Å². The SMILES string of the molecule is CC[C@H](C)[C@H](NC(=O)C[NH+](C)Cc1ccc(C(=O)NC)cc1)C(=O)OC. The van der Waals surface area contributed by atoms with Crippen molar-refractivity contribution in [3.8, 4) is 0 Å². The van der Waals surface area contributed by atoms with E-state index in [1.165, 1.54) is 7.11 Å². The van der Waals surface area contributed by atoms with Crippen LogP contribution in [0.4, 0.5) is 0 Å². The van der Waals surface area contributed by atoms with Gasteiger partial charge in [-0.15, -0.1) is 0 Å². The van der Waals surface area contributed by atoms with Crippen LogP contribution >= 0.6 is 0 Å². The van der Waals surface area contributed by atoms with Gasteiger partial charge in [0.1, 0.15) is 12.6 Å². The van der Waals surface area contributed by atoms with Crippen molar-refractivity contribution in [3.63, 3.8) is 0 Å². The van der Waals surface area contributed by atoms with Crippen molar-refractivity contribution in [1.82, 2.24) is 10.6 Å². The second-order valence-electron chi connectivity index (χ2n) is 6.54. The van der Waals surface area contributed by atoms with E-state index in [0.29, 0.717) is 12.1 Å². The van der Waals surface area contributed by atoms with Crippen LogP contribution < -0.4 is 15.5 Å². The molecule has 1 aromatic carbocycles. The zero-order valence-electron chi connectivity index (χ0n) is 16.2. The van der Waals surface area contributed by atoms with Gasteiger partial charge in [0.2, 0.25) is 0 Å². The first-order valence-electron chi connectivity index (χ1n) is 8.81. The van der Waals surface area contributed by atoms with Crippen molar-refractivity contribution in [1.29, 1.82) is 0 Å². The molecule has 0 spiro atoms. The second-order valence-corrected chi connectivity index (χ2v) is 6.54. The minimum atomic E-state index is -0.628. The number of carbonyl (C=O) groups excluding carboxylic acids is 3. The summed E-state index contributed by atoms with van der Waals surface area (Å²) in [7, 11) is 4.82. The molecule has 3 N–H and O–H groups in total. The monoisotopic (exact) mass is 364 g/mol. The van der Waals surface area contributed by atoms with Gasteiger partial charge in [0.15, 0.2) is 6.54 Å². The second kappa shape index (κ2) is 10.6. The van der Waals surface area contributed by atoms with Gasteiger partial charge < -0.3 is 20.3 Å². The molecule has 0 radical (unpaired) electrons. The lowest BCUT2D eigenvalue weighted by Crippen LogP contribution is -3.09. The summed E-state index contributed by atoms with van der Waals surface area (Å²) in [6, 6.07) is 6.65. The number of rotatable bonds is 9. The smallest absolute Gasteiger partial charge is 0.328 e. The molecule has 0 bridgehead atoms. The molecule has 7 heteroatoms. The molecule has 0 aliphatic rings. The number of quaternary nitrogens is 1. The molecule has 7 nitrogen and oxygen atoms in total. The van der Waals surface area contributed by atoms with E-state index in [1.54, 1.807) is 19.2 Å². The van der Waals surface area contributed by atoms with Crippen LogP contribution in [0.25, 0.3) is 0 Å². The molecule has 0 saturated carbocycles. The Hall–Kier alpha value is -2.41. The van der Waals surface area contributed by atoms with Crippen molar-refractivity contribution in [2.75, 3.05) is 27.7 Å². The third-order valence-electron chi connectivity index (χ3n) is 4.40. The fourth-order valence-corrected chi connectivity index (χ4v) is 2.62. The highest BCUT2D eigenvalue weighted by atomic mass is 16.5. The number of hydrogen-bond donors (Lipinski definition) is 3. The first kappa shape index (κ1) is 21.6. The fraction of sp³-hybridized carbons (Fsp3) is 0.526. The van der Waals surface area contributed by atoms with Gasteiger partial charge in [0.05, 0.1) is 14.2 Å². The highest BCUT2D eigenvalue weighted by Gasteiger charge is 2.27. The van der Waals surface area contributed by atoms with Crippen LogP contribution in [0.1, 0.15) is 36.2 Å². The minimum Gasteiger partial charge on any atom is -0.467 e. The summed E-state index contributed by atoms with van der Waals surface area (Å²) in [4.78, 5) is 36.7. The van der Waals surface area contributed by atoms with Crippen molar-refractivity contribution in [2.24, 2.45) is 5.92 Å². The highest BCUT2D eigenvalue weighted by Crippen LogP contribution is 2.09. The Kier molecular flexibility index (Phi) is 8.78. The highest BCUT2D eigenvalue weighted by molar-refractivity contribution is 5.93. The van der Waals surface area contributed by atoms with Crippen molar-refractivity contribution >= 4 is 17.8 Å². The van der Waals surface area contributed by atoms with Gasteiger partial charge in [0, 0.05) is 18.2 Å². The Labute approximate surface area is 155 Å². The maximum absolute atomic E-state index is 12.3. The number of nitrogens with one attached hydrogen (secondary N) is 3. The third-order valence-corrected chi connectivity index (χ3v) is 4.40.